The van der Waals surface area contributed by atoms with Crippen LogP contribution in [0.2, 0.25) is 0 Å². The first-order valence-corrected chi connectivity index (χ1v) is 5.62. The van der Waals surface area contributed by atoms with Crippen LogP contribution in [0.1, 0.15) is 0 Å². The highest BCUT2D eigenvalue weighted by Crippen LogP contribution is 2.27. The zero-order valence-electron chi connectivity index (χ0n) is 6.70. The molecule has 1 aromatic carbocycles. The molecule has 0 fully saturated rings. The minimum absolute atomic E-state index is 0.758. The van der Waals surface area contributed by atoms with Crippen LogP contribution in [0.4, 0.5) is 5.00 Å². The molecule has 0 aliphatic carbocycles. The molecule has 0 saturated heterocycles. The predicted octanol–water partition coefficient (Wildman–Crippen LogP) is 3.00. The molecule has 13 heavy (non-hydrogen) atoms. The van der Waals surface area contributed by atoms with Gasteiger partial charge in [0.1, 0.15) is 10.0 Å². The molecule has 2 N–H and O–H groups in total. The normalized spacial score (nSPS) is 10.2. The largest absolute Gasteiger partial charge is 0.389 e. The summed E-state index contributed by atoms with van der Waals surface area (Å²) in [6.07, 6.45) is 1.69. The first-order chi connectivity index (χ1) is 6.25. The maximum Gasteiger partial charge on any atom is 0.125 e. The van der Waals surface area contributed by atoms with Crippen molar-refractivity contribution < 1.29 is 0 Å². The average Bonchev–Trinajstić information content (AvgIpc) is 2.52. The maximum atomic E-state index is 5.61. The Morgan fingerprint density at radius 2 is 2.23 bits per heavy atom. The van der Waals surface area contributed by atoms with Crippen LogP contribution in [0, 0.1) is 3.57 Å². The van der Waals surface area contributed by atoms with Gasteiger partial charge >= 0.3 is 0 Å². The Morgan fingerprint density at radius 3 is 2.85 bits per heavy atom. The Kier molecular flexibility index (Phi) is 2.50. The zero-order valence-corrected chi connectivity index (χ0v) is 9.67. The number of nitrogen functional groups attached to an aromatic ring is 1. The van der Waals surface area contributed by atoms with Crippen molar-refractivity contribution in [1.82, 2.24) is 4.98 Å². The maximum absolute atomic E-state index is 5.61. The average molecular weight is 302 g/mol. The Labute approximate surface area is 94.0 Å². The molecule has 0 spiro atoms. The number of benzene rings is 1. The standard InChI is InChI=1S/C9H7IN2S/c10-7-3-1-2-6(4-7)9-12-5-8(11)13-9/h1-5H,11H2. The second kappa shape index (κ2) is 3.63. The third-order valence-corrected chi connectivity index (χ3v) is 3.14. The van der Waals surface area contributed by atoms with Crippen LogP contribution in [0.25, 0.3) is 10.6 Å². The number of anilines is 1. The molecule has 0 aliphatic heterocycles. The van der Waals surface area contributed by atoms with Crippen LogP contribution >= 0.6 is 33.9 Å². The first kappa shape index (κ1) is 8.96. The van der Waals surface area contributed by atoms with Gasteiger partial charge in [-0.2, -0.15) is 0 Å². The van der Waals surface area contributed by atoms with Gasteiger partial charge in [-0.15, -0.1) is 0 Å². The lowest BCUT2D eigenvalue weighted by molar-refractivity contribution is 1.41. The lowest BCUT2D eigenvalue weighted by Gasteiger charge is -1.95. The van der Waals surface area contributed by atoms with Crippen molar-refractivity contribution in [3.63, 3.8) is 0 Å². The van der Waals surface area contributed by atoms with Gasteiger partial charge < -0.3 is 5.73 Å². The number of hydrogen-bond acceptors (Lipinski definition) is 3. The molecule has 66 valence electrons. The van der Waals surface area contributed by atoms with E-state index in [4.69, 9.17) is 5.73 Å². The summed E-state index contributed by atoms with van der Waals surface area (Å²) in [6, 6.07) is 8.22. The highest BCUT2D eigenvalue weighted by molar-refractivity contribution is 14.1. The van der Waals surface area contributed by atoms with E-state index in [1.807, 2.05) is 12.1 Å². The third kappa shape index (κ3) is 2.00. The number of aromatic nitrogens is 1. The molecule has 2 aromatic rings. The van der Waals surface area contributed by atoms with E-state index in [1.54, 1.807) is 6.20 Å². The highest BCUT2D eigenvalue weighted by atomic mass is 127. The quantitative estimate of drug-likeness (QED) is 0.823. The van der Waals surface area contributed by atoms with Gasteiger partial charge in [-0.25, -0.2) is 4.98 Å². The van der Waals surface area contributed by atoms with E-state index >= 15 is 0 Å². The molecule has 0 aliphatic rings. The lowest BCUT2D eigenvalue weighted by atomic mass is 10.2. The Balaban J connectivity index is 2.46. The van der Waals surface area contributed by atoms with Crippen molar-refractivity contribution in [2.75, 3.05) is 5.73 Å². The second-order valence-corrected chi connectivity index (χ2v) is 4.89. The van der Waals surface area contributed by atoms with Crippen molar-refractivity contribution in [2.24, 2.45) is 0 Å². The van der Waals surface area contributed by atoms with Gasteiger partial charge in [-0.3, -0.25) is 0 Å². The summed E-state index contributed by atoms with van der Waals surface area (Å²) >= 11 is 3.80. The third-order valence-electron chi connectivity index (χ3n) is 1.60. The van der Waals surface area contributed by atoms with Gasteiger partial charge in [0.05, 0.1) is 6.20 Å². The summed E-state index contributed by atoms with van der Waals surface area (Å²) in [5.74, 6) is 0. The minimum atomic E-state index is 0.758. The summed E-state index contributed by atoms with van der Waals surface area (Å²) in [5, 5.41) is 1.74. The summed E-state index contributed by atoms with van der Waals surface area (Å²) in [4.78, 5) is 4.22. The van der Waals surface area contributed by atoms with Crippen LogP contribution in [0.3, 0.4) is 0 Å². The monoisotopic (exact) mass is 302 g/mol. The van der Waals surface area contributed by atoms with Gasteiger partial charge in [0.2, 0.25) is 0 Å². The number of thiazole rings is 1. The van der Waals surface area contributed by atoms with E-state index in [2.05, 4.69) is 39.7 Å². The van der Waals surface area contributed by atoms with E-state index < -0.39 is 0 Å². The fourth-order valence-electron chi connectivity index (χ4n) is 1.04. The minimum Gasteiger partial charge on any atom is -0.389 e. The van der Waals surface area contributed by atoms with Gasteiger partial charge in [0, 0.05) is 9.13 Å². The lowest BCUT2D eigenvalue weighted by Crippen LogP contribution is -1.75. The van der Waals surface area contributed by atoms with E-state index in [0.29, 0.717) is 0 Å². The fourth-order valence-corrected chi connectivity index (χ4v) is 2.26. The molecule has 0 atom stereocenters. The second-order valence-electron chi connectivity index (χ2n) is 2.58. The number of nitrogens with zero attached hydrogens (tertiary/aromatic N) is 1. The molecular weight excluding hydrogens is 295 g/mol. The fraction of sp³-hybridized carbons (Fsp3) is 0. The molecule has 1 aromatic heterocycles. The molecule has 1 heterocycles. The Bertz CT molecular complexity index is 425. The molecule has 0 unspecified atom stereocenters. The summed E-state index contributed by atoms with van der Waals surface area (Å²) in [6.45, 7) is 0. The van der Waals surface area contributed by atoms with Crippen molar-refractivity contribution in [3.8, 4) is 10.6 Å². The van der Waals surface area contributed by atoms with Crippen molar-refractivity contribution >= 4 is 38.9 Å². The SMILES string of the molecule is Nc1cnc(-c2cccc(I)c2)s1. The van der Waals surface area contributed by atoms with Crippen molar-refractivity contribution in [2.45, 2.75) is 0 Å². The number of rotatable bonds is 1. The number of hydrogen-bond donors (Lipinski definition) is 1. The summed E-state index contributed by atoms with van der Waals surface area (Å²) in [5.41, 5.74) is 6.74. The van der Waals surface area contributed by atoms with Crippen LogP contribution in [0.5, 0.6) is 0 Å². The number of halogens is 1. The smallest absolute Gasteiger partial charge is 0.125 e. The predicted molar refractivity (Wildman–Crippen MR) is 64.7 cm³/mol. The zero-order chi connectivity index (χ0) is 9.26. The van der Waals surface area contributed by atoms with E-state index in [-0.39, 0.29) is 0 Å². The Morgan fingerprint density at radius 1 is 1.38 bits per heavy atom. The van der Waals surface area contributed by atoms with Crippen molar-refractivity contribution in [1.29, 1.82) is 0 Å². The van der Waals surface area contributed by atoms with Crippen LogP contribution in [-0.4, -0.2) is 4.98 Å². The molecule has 2 nitrogen and oxygen atoms in total. The van der Waals surface area contributed by atoms with Crippen LogP contribution < -0.4 is 5.73 Å². The van der Waals surface area contributed by atoms with E-state index in [1.165, 1.54) is 14.9 Å². The van der Waals surface area contributed by atoms with Crippen LogP contribution in [0.15, 0.2) is 30.5 Å². The summed E-state index contributed by atoms with van der Waals surface area (Å²) < 4.78 is 1.21. The van der Waals surface area contributed by atoms with Gasteiger partial charge in [0.25, 0.3) is 0 Å². The topological polar surface area (TPSA) is 38.9 Å². The molecule has 0 bridgehead atoms. The molecule has 0 radical (unpaired) electrons. The van der Waals surface area contributed by atoms with Gasteiger partial charge in [-0.1, -0.05) is 23.5 Å². The molecular formula is C9H7IN2S. The van der Waals surface area contributed by atoms with E-state index in [9.17, 15) is 0 Å². The van der Waals surface area contributed by atoms with Crippen LogP contribution in [-0.2, 0) is 0 Å². The molecule has 2 rings (SSSR count). The number of nitrogens with two attached hydrogens (primary N) is 1. The summed E-state index contributed by atoms with van der Waals surface area (Å²) in [7, 11) is 0. The van der Waals surface area contributed by atoms with E-state index in [0.717, 1.165) is 15.6 Å². The first-order valence-electron chi connectivity index (χ1n) is 3.73. The van der Waals surface area contributed by atoms with Gasteiger partial charge in [-0.05, 0) is 34.7 Å². The van der Waals surface area contributed by atoms with Crippen molar-refractivity contribution in [3.05, 3.63) is 34.0 Å². The molecule has 0 amide bonds. The Hall–Kier alpha value is -0.620. The molecule has 4 heteroatoms. The molecule has 0 saturated carbocycles. The highest BCUT2D eigenvalue weighted by Gasteiger charge is 2.02. The van der Waals surface area contributed by atoms with Gasteiger partial charge in [0.15, 0.2) is 0 Å².